The second-order valence-corrected chi connectivity index (χ2v) is 5.15. The molecule has 7 heteroatoms. The molecule has 2 atom stereocenters. The zero-order chi connectivity index (χ0) is 11.9. The van der Waals surface area contributed by atoms with Crippen molar-refractivity contribution in [2.75, 3.05) is 11.6 Å². The van der Waals surface area contributed by atoms with Crippen LogP contribution >= 0.6 is 23.4 Å². The van der Waals surface area contributed by atoms with Gasteiger partial charge in [-0.3, -0.25) is 9.69 Å². The van der Waals surface area contributed by atoms with Crippen molar-refractivity contribution < 1.29 is 14.2 Å². The smallest absolute Gasteiger partial charge is 0.337 e. The number of carbonyl (C=O) groups is 2. The number of β-lactam (4-membered cyclic amide) rings is 1. The Hall–Kier alpha value is -0.615. The van der Waals surface area contributed by atoms with Gasteiger partial charge in [0.15, 0.2) is 0 Å². The number of nitrogens with zero attached hydrogens (tertiary/aromatic N) is 1. The quantitative estimate of drug-likeness (QED) is 0.402. The minimum Gasteiger partial charge on any atom is -0.539 e. The van der Waals surface area contributed by atoms with Crippen LogP contribution in [-0.2, 0) is 14.2 Å². The van der Waals surface area contributed by atoms with Gasteiger partial charge in [0.1, 0.15) is 5.70 Å². The number of alkyl halides is 1. The monoisotopic (exact) mass is 259 g/mol. The van der Waals surface area contributed by atoms with Crippen LogP contribution in [0.25, 0.3) is 0 Å². The summed E-state index contributed by atoms with van der Waals surface area (Å²) in [6, 6.07) is 0. The third-order valence-corrected chi connectivity index (χ3v) is 4.65. The molecule has 4 nitrogen and oxygen atoms in total. The van der Waals surface area contributed by atoms with Crippen LogP contribution in [0.2, 0.25) is 0 Å². The van der Waals surface area contributed by atoms with Gasteiger partial charge in [-0.25, -0.2) is 4.79 Å². The van der Waals surface area contributed by atoms with Crippen molar-refractivity contribution in [1.82, 2.24) is 4.90 Å². The Morgan fingerprint density at radius 2 is 2.44 bits per heavy atom. The summed E-state index contributed by atoms with van der Waals surface area (Å²) in [6.45, 7) is 1.87. The fourth-order valence-electron chi connectivity index (χ4n) is 1.93. The first kappa shape index (κ1) is 11.9. The first-order chi connectivity index (χ1) is 7.61. The molecule has 0 saturated carbocycles. The summed E-state index contributed by atoms with van der Waals surface area (Å²) in [5.74, 6) is 0.414. The Bertz CT molecular complexity index is 387. The minimum atomic E-state index is -0.471. The van der Waals surface area contributed by atoms with Crippen molar-refractivity contribution in [1.29, 1.82) is 0 Å². The number of carbonyl (C=O) groups excluding carboxylic acids is 2. The van der Waals surface area contributed by atoms with Crippen LogP contribution in [0.1, 0.15) is 6.92 Å². The van der Waals surface area contributed by atoms with Gasteiger partial charge in [0, 0.05) is 11.6 Å². The molecule has 1 fully saturated rings. The van der Waals surface area contributed by atoms with Gasteiger partial charge in [0.25, 0.3) is 0 Å². The molecule has 0 spiro atoms. The maximum Gasteiger partial charge on any atom is 0.337 e. The number of amides is 1. The molecule has 2 heterocycles. The van der Waals surface area contributed by atoms with Crippen LogP contribution in [0, 0.1) is 5.92 Å². The van der Waals surface area contributed by atoms with Crippen LogP contribution in [-0.4, -0.2) is 41.8 Å². The van der Waals surface area contributed by atoms with Crippen molar-refractivity contribution >= 4 is 43.3 Å². The molecule has 2 aliphatic heterocycles. The lowest BCUT2D eigenvalue weighted by molar-refractivity contribution is -0.150. The third kappa shape index (κ3) is 1.55. The van der Waals surface area contributed by atoms with Crippen molar-refractivity contribution in [3.8, 4) is 0 Å². The highest BCUT2D eigenvalue weighted by atomic mass is 35.5. The zero-order valence-electron chi connectivity index (χ0n) is 9.03. The van der Waals surface area contributed by atoms with Crippen LogP contribution in [0.4, 0.5) is 0 Å². The molecule has 0 bridgehead atoms. The maximum atomic E-state index is 11.7. The van der Waals surface area contributed by atoms with Gasteiger partial charge in [-0.2, -0.15) is 0 Å². The van der Waals surface area contributed by atoms with E-state index in [1.165, 1.54) is 12.9 Å². The lowest BCUT2D eigenvalue weighted by atomic mass is 9.98. The van der Waals surface area contributed by atoms with Crippen LogP contribution in [0.15, 0.2) is 11.3 Å². The molecule has 1 amide bonds. The Balaban J connectivity index is 2.36. The van der Waals surface area contributed by atoms with Crippen molar-refractivity contribution in [2.24, 2.45) is 5.92 Å². The standard InChI is InChI=1S/C9H11BClNO3S/c1-4-7(13)12-6(9(14)15-10)5(2-11)3-16-8(4)12/h4,8H,2-3,10H2,1H3/t4-,8-/m1/s1. The highest BCUT2D eigenvalue weighted by Crippen LogP contribution is 2.43. The molecular weight excluding hydrogens is 248 g/mol. The summed E-state index contributed by atoms with van der Waals surface area (Å²) < 4.78 is 4.70. The van der Waals surface area contributed by atoms with Gasteiger partial charge >= 0.3 is 14.0 Å². The van der Waals surface area contributed by atoms with E-state index in [9.17, 15) is 9.59 Å². The molecule has 2 rings (SSSR count). The van der Waals surface area contributed by atoms with Crippen LogP contribution in [0.5, 0.6) is 0 Å². The summed E-state index contributed by atoms with van der Waals surface area (Å²) in [5.41, 5.74) is 1.12. The topological polar surface area (TPSA) is 46.6 Å². The predicted octanol–water partition coefficient (Wildman–Crippen LogP) is 0.122. The molecule has 86 valence electrons. The average Bonchev–Trinajstić information content (AvgIpc) is 2.34. The third-order valence-electron chi connectivity index (χ3n) is 2.85. The van der Waals surface area contributed by atoms with E-state index in [0.29, 0.717) is 11.4 Å². The highest BCUT2D eigenvalue weighted by Gasteiger charge is 2.50. The first-order valence-corrected chi connectivity index (χ1v) is 6.51. The Kier molecular flexibility index (Phi) is 3.21. The minimum absolute atomic E-state index is 0.0264. The number of hydrogen-bond acceptors (Lipinski definition) is 4. The number of fused-ring (bicyclic) bond motifs is 1. The second kappa shape index (κ2) is 4.33. The van der Waals surface area contributed by atoms with E-state index in [1.807, 2.05) is 6.92 Å². The molecule has 0 aromatic rings. The molecular formula is C9H11BClNO3S. The molecule has 1 saturated heterocycles. The Morgan fingerprint density at radius 1 is 1.75 bits per heavy atom. The van der Waals surface area contributed by atoms with E-state index in [-0.39, 0.29) is 23.1 Å². The van der Waals surface area contributed by atoms with Gasteiger partial charge in [-0.05, 0) is 5.57 Å². The van der Waals surface area contributed by atoms with Crippen molar-refractivity contribution in [3.63, 3.8) is 0 Å². The lowest BCUT2D eigenvalue weighted by Crippen LogP contribution is -2.60. The number of hydrogen-bond donors (Lipinski definition) is 0. The van der Waals surface area contributed by atoms with E-state index in [2.05, 4.69) is 0 Å². The molecule has 2 aliphatic rings. The number of halogens is 1. The van der Waals surface area contributed by atoms with Crippen LogP contribution < -0.4 is 0 Å². The van der Waals surface area contributed by atoms with Gasteiger partial charge in [0.05, 0.1) is 11.3 Å². The molecule has 0 radical (unpaired) electrons. The molecule has 0 aliphatic carbocycles. The molecule has 0 aromatic carbocycles. The summed E-state index contributed by atoms with van der Waals surface area (Å²) in [6.07, 6.45) is 0. The maximum absolute atomic E-state index is 11.7. The Labute approximate surface area is 104 Å². The second-order valence-electron chi connectivity index (χ2n) is 3.78. The fourth-order valence-corrected chi connectivity index (χ4v) is 3.64. The van der Waals surface area contributed by atoms with Crippen molar-refractivity contribution in [3.05, 3.63) is 11.3 Å². The van der Waals surface area contributed by atoms with Gasteiger partial charge < -0.3 is 4.65 Å². The SMILES string of the molecule is BOC(=O)C1=C(CCl)CS[C@@H]2[C@H](C)C(=O)N12. The summed E-state index contributed by atoms with van der Waals surface area (Å²) >= 11 is 7.42. The van der Waals surface area contributed by atoms with Crippen molar-refractivity contribution in [2.45, 2.75) is 12.3 Å². The molecule has 16 heavy (non-hydrogen) atoms. The summed E-state index contributed by atoms with van der Waals surface area (Å²) in [4.78, 5) is 24.9. The highest BCUT2D eigenvalue weighted by molar-refractivity contribution is 8.00. The van der Waals surface area contributed by atoms with Gasteiger partial charge in [-0.15, -0.1) is 23.4 Å². The number of thioether (sulfide) groups is 1. The zero-order valence-corrected chi connectivity index (χ0v) is 10.6. The fraction of sp³-hybridized carbons (Fsp3) is 0.556. The summed E-state index contributed by atoms with van der Waals surface area (Å²) in [7, 11) is 1.31. The van der Waals surface area contributed by atoms with Gasteiger partial charge in [0.2, 0.25) is 5.91 Å². The van der Waals surface area contributed by atoms with E-state index in [4.69, 9.17) is 16.3 Å². The first-order valence-electron chi connectivity index (χ1n) is 4.92. The van der Waals surface area contributed by atoms with E-state index in [0.717, 1.165) is 5.57 Å². The number of rotatable bonds is 2. The largest absolute Gasteiger partial charge is 0.539 e. The average molecular weight is 260 g/mol. The van der Waals surface area contributed by atoms with Crippen LogP contribution in [0.3, 0.4) is 0 Å². The Morgan fingerprint density at radius 3 is 3.00 bits per heavy atom. The van der Waals surface area contributed by atoms with E-state index < -0.39 is 5.97 Å². The van der Waals surface area contributed by atoms with E-state index in [1.54, 1.807) is 11.8 Å². The van der Waals surface area contributed by atoms with E-state index >= 15 is 0 Å². The predicted molar refractivity (Wildman–Crippen MR) is 64.6 cm³/mol. The lowest BCUT2D eigenvalue weighted by Gasteiger charge is -2.48. The molecule has 0 aromatic heterocycles. The normalized spacial score (nSPS) is 28.6. The van der Waals surface area contributed by atoms with Gasteiger partial charge in [-0.1, -0.05) is 6.92 Å². The molecule has 0 N–H and O–H groups in total. The molecule has 0 unspecified atom stereocenters. The summed E-state index contributed by atoms with van der Waals surface area (Å²) in [5, 5.41) is 0.0635.